The molecule has 5 aromatic carbocycles. The summed E-state index contributed by atoms with van der Waals surface area (Å²) in [6.45, 7) is -3.82. The number of fused-ring (bicyclic) bond motifs is 1. The summed E-state index contributed by atoms with van der Waals surface area (Å²) in [5.74, 6) is -2.15. The minimum Gasteiger partial charge on any atom is -0.478 e. The van der Waals surface area contributed by atoms with E-state index in [2.05, 4.69) is 48.8 Å². The lowest BCUT2D eigenvalue weighted by atomic mass is 9.94. The van der Waals surface area contributed by atoms with Gasteiger partial charge in [0.15, 0.2) is 19.7 Å². The second-order valence-electron chi connectivity index (χ2n) is 15.2. The molecule has 1 unspecified atom stereocenters. The molecule has 0 heterocycles. The molecule has 0 bridgehead atoms. The molecular weight excluding hydrogens is 1150 g/mol. The summed E-state index contributed by atoms with van der Waals surface area (Å²) in [6.07, 6.45) is 0. The van der Waals surface area contributed by atoms with Gasteiger partial charge in [0.25, 0.3) is 10.1 Å². The van der Waals surface area contributed by atoms with E-state index in [0.717, 1.165) is 54.6 Å². The number of carboxylic acids is 1. The number of carbonyl (C=O) groups excluding carboxylic acids is 1. The number of carbonyl (C=O) groups is 1. The fourth-order valence-electron chi connectivity index (χ4n) is 6.30. The van der Waals surface area contributed by atoms with E-state index in [0.29, 0.717) is 12.0 Å². The van der Waals surface area contributed by atoms with Gasteiger partial charge in [-0.15, -0.1) is 20.5 Å². The summed E-state index contributed by atoms with van der Waals surface area (Å²) < 4.78 is 162. The van der Waals surface area contributed by atoms with Crippen LogP contribution in [-0.4, -0.2) is 133 Å². The second kappa shape index (κ2) is 25.2. The van der Waals surface area contributed by atoms with Crippen molar-refractivity contribution in [2.75, 3.05) is 56.0 Å². The Hall–Kier alpha value is -6.66. The van der Waals surface area contributed by atoms with E-state index >= 15 is 0 Å². The van der Waals surface area contributed by atoms with E-state index in [-0.39, 0.29) is 42.4 Å². The molecule has 77 heavy (non-hydrogen) atoms. The molecule has 5 rings (SSSR count). The molecule has 32 nitrogen and oxygen atoms in total. The Morgan fingerprint density at radius 2 is 1.13 bits per heavy atom. The van der Waals surface area contributed by atoms with Gasteiger partial charge in [-0.25, -0.2) is 44.6 Å². The summed E-state index contributed by atoms with van der Waals surface area (Å²) in [6, 6.07) is 14.8. The Labute approximate surface area is 439 Å². The zero-order valence-corrected chi connectivity index (χ0v) is 43.3. The topological polar surface area (TPSA) is 525 Å². The maximum atomic E-state index is 13.1. The predicted octanol–water partition coefficient (Wildman–Crippen LogP) is 4.84. The largest absolute Gasteiger partial charge is 0.478 e. The lowest BCUT2D eigenvalue weighted by molar-refractivity contribution is -0.257. The van der Waals surface area contributed by atoms with Gasteiger partial charge in [-0.05, 0) is 72.1 Å². The van der Waals surface area contributed by atoms with E-state index < -0.39 is 151 Å². The number of azo groups is 3. The number of nitrogen functional groups attached to an aromatic ring is 2. The maximum absolute atomic E-state index is 13.1. The minimum atomic E-state index is -5.23. The van der Waals surface area contributed by atoms with Crippen molar-refractivity contribution >= 4 is 131 Å². The minimum absolute atomic E-state index is 0.103. The number of sulfone groups is 2. The zero-order chi connectivity index (χ0) is 57.1. The molecular formula is C39H39N9O23S6. The smallest absolute Gasteiger partial charge is 0.397 e. The third kappa shape index (κ3) is 16.4. The number of nitrogens with zero attached hydrogens (tertiary/aromatic N) is 6. The number of hydrogen-bond acceptors (Lipinski definition) is 29. The molecule has 0 saturated carbocycles. The fraction of sp³-hybridized carbons (Fsp3) is 0.205. The van der Waals surface area contributed by atoms with E-state index in [1.54, 1.807) is 0 Å². The highest BCUT2D eigenvalue weighted by atomic mass is 32.3. The van der Waals surface area contributed by atoms with Crippen LogP contribution in [0.25, 0.3) is 10.8 Å². The van der Waals surface area contributed by atoms with Gasteiger partial charge in [0.1, 0.15) is 57.9 Å². The summed E-state index contributed by atoms with van der Waals surface area (Å²) in [7, 11) is -23.5. The average molecular weight is 1190 g/mol. The molecule has 12 N–H and O–H groups in total. The molecule has 0 aliphatic carbocycles. The van der Waals surface area contributed by atoms with Crippen molar-refractivity contribution in [3.05, 3.63) is 90.0 Å². The standard InChI is InChI=1S/C39H39N9O23S6/c40-32-34(46-43-24-2-7-27(8-3-24)73(54,55)15-13-70-76(61,62)63)31(38(50)51)35(33(41)36(32)48-44-25-4-9-28(10-5-25)74(56,57)16-14-71-77(64,65)66)47-45-30-12-1-22-17-26(6-11-29(22)37(30)75(58,59)60)72-69-21-39(42,20-68-53)23(18-49)19-67-52/h1-12,17,52-53H,13-16,19-21,40-42H2,(H,50,51)(H,58,59,60)(H,61,62,63)(H,64,65,66)/b46-43?,47-45?,48-44-. The van der Waals surface area contributed by atoms with Crippen molar-refractivity contribution in [2.24, 2.45) is 36.4 Å². The monoisotopic (exact) mass is 1190 g/mol. The summed E-state index contributed by atoms with van der Waals surface area (Å²) in [5.41, 5.74) is 11.4. The Balaban J connectivity index is 1.60. The van der Waals surface area contributed by atoms with Gasteiger partial charge < -0.3 is 26.5 Å². The SMILES string of the molecule is Nc1c(N=Nc2ccc(S(=O)(=O)CCOS(=O)(=O)O)cc2)c(C(=O)O)c(N=Nc2ccc3cc(SOCC(N)(COO)C(=C=O)COO)ccc3c2S(=O)(=O)O)c(N)c1/N=N\c1ccc(S(=O)(=O)CCOS(=O)(=O)O)cc1. The summed E-state index contributed by atoms with van der Waals surface area (Å²) in [5, 5.41) is 52.1. The van der Waals surface area contributed by atoms with Crippen LogP contribution >= 0.6 is 12.0 Å². The van der Waals surface area contributed by atoms with E-state index in [4.69, 9.17) is 41.0 Å². The van der Waals surface area contributed by atoms with Crippen LogP contribution in [0.3, 0.4) is 0 Å². The third-order valence-electron chi connectivity index (χ3n) is 9.96. The van der Waals surface area contributed by atoms with Gasteiger partial charge in [-0.3, -0.25) is 24.2 Å². The van der Waals surface area contributed by atoms with Gasteiger partial charge in [-0.2, -0.15) is 35.5 Å². The molecule has 5 aromatic rings. The molecule has 0 aromatic heterocycles. The number of benzene rings is 5. The van der Waals surface area contributed by atoms with Gasteiger partial charge in [-0.1, -0.05) is 12.1 Å². The van der Waals surface area contributed by atoms with Crippen LogP contribution in [0.4, 0.5) is 45.5 Å². The van der Waals surface area contributed by atoms with E-state index in [1.165, 1.54) is 30.2 Å². The molecule has 0 amide bonds. The van der Waals surface area contributed by atoms with E-state index in [1.807, 2.05) is 0 Å². The first-order valence-electron chi connectivity index (χ1n) is 20.5. The van der Waals surface area contributed by atoms with Crippen molar-refractivity contribution in [1.29, 1.82) is 0 Å². The van der Waals surface area contributed by atoms with Gasteiger partial charge in [0.05, 0.1) is 69.4 Å². The number of anilines is 2. The van der Waals surface area contributed by atoms with Crippen molar-refractivity contribution in [3.63, 3.8) is 0 Å². The lowest BCUT2D eigenvalue weighted by Gasteiger charge is -2.27. The highest BCUT2D eigenvalue weighted by Gasteiger charge is 2.34. The van der Waals surface area contributed by atoms with Gasteiger partial charge in [0.2, 0.25) is 0 Å². The quantitative estimate of drug-likeness (QED) is 0.00646. The van der Waals surface area contributed by atoms with Crippen molar-refractivity contribution in [1.82, 2.24) is 0 Å². The van der Waals surface area contributed by atoms with Crippen molar-refractivity contribution in [3.8, 4) is 0 Å². The number of carboxylic acid groups (broad SMARTS) is 1. The van der Waals surface area contributed by atoms with Crippen LogP contribution in [0.2, 0.25) is 0 Å². The highest BCUT2D eigenvalue weighted by molar-refractivity contribution is 7.94. The normalized spacial score (nSPS) is 13.6. The number of hydrogen-bond donors (Lipinski definition) is 9. The molecule has 0 aliphatic rings. The molecule has 0 fully saturated rings. The van der Waals surface area contributed by atoms with Crippen LogP contribution in [0.1, 0.15) is 10.4 Å². The van der Waals surface area contributed by atoms with Crippen LogP contribution in [0.15, 0.2) is 135 Å². The lowest BCUT2D eigenvalue weighted by Crippen LogP contribution is -2.51. The first kappa shape index (κ1) is 61.2. The van der Waals surface area contributed by atoms with Gasteiger partial charge >= 0.3 is 26.8 Å². The highest BCUT2D eigenvalue weighted by Crippen LogP contribution is 2.49. The van der Waals surface area contributed by atoms with Crippen LogP contribution < -0.4 is 17.2 Å². The fourth-order valence-corrected chi connectivity index (χ4v) is 10.8. The molecule has 38 heteroatoms. The molecule has 0 spiro atoms. The molecule has 1 atom stereocenters. The predicted molar refractivity (Wildman–Crippen MR) is 266 cm³/mol. The molecule has 0 aliphatic heterocycles. The second-order valence-corrected chi connectivity index (χ2v) is 23.8. The molecule has 0 saturated heterocycles. The Morgan fingerprint density at radius 1 is 0.636 bits per heavy atom. The summed E-state index contributed by atoms with van der Waals surface area (Å²) >= 11 is 0.648. The van der Waals surface area contributed by atoms with Crippen molar-refractivity contribution < 1.29 is 103 Å². The number of nitrogens with two attached hydrogens (primary N) is 3. The summed E-state index contributed by atoms with van der Waals surface area (Å²) in [4.78, 5) is 31.2. The van der Waals surface area contributed by atoms with E-state index in [9.17, 15) is 61.3 Å². The van der Waals surface area contributed by atoms with Crippen LogP contribution in [-0.2, 0) is 77.7 Å². The molecule has 0 radical (unpaired) electrons. The van der Waals surface area contributed by atoms with Gasteiger partial charge in [0, 0.05) is 22.3 Å². The Kier molecular flexibility index (Phi) is 20.0. The first-order chi connectivity index (χ1) is 35.9. The van der Waals surface area contributed by atoms with Crippen LogP contribution in [0.5, 0.6) is 0 Å². The zero-order valence-electron chi connectivity index (χ0n) is 38.4. The Bertz CT molecular complexity index is 3790. The third-order valence-corrected chi connectivity index (χ3v) is 15.9. The Morgan fingerprint density at radius 3 is 1.57 bits per heavy atom. The van der Waals surface area contributed by atoms with Crippen molar-refractivity contribution in [2.45, 2.75) is 25.1 Å². The maximum Gasteiger partial charge on any atom is 0.397 e. The molecule has 414 valence electrons. The first-order valence-corrected chi connectivity index (χ1v) is 28.7. The average Bonchev–Trinajstić information content (AvgIpc) is 3.33. The number of rotatable bonds is 27. The van der Waals surface area contributed by atoms with Crippen LogP contribution in [0, 0.1) is 0 Å². The number of aromatic carboxylic acids is 1.